The zero-order valence-corrected chi connectivity index (χ0v) is 14.2. The molecule has 0 N–H and O–H groups in total. The van der Waals surface area contributed by atoms with Crippen LogP contribution in [0.3, 0.4) is 0 Å². The van der Waals surface area contributed by atoms with E-state index in [0.29, 0.717) is 29.8 Å². The zero-order valence-electron chi connectivity index (χ0n) is 14.2. The molecular formula is C19H30O3. The second kappa shape index (κ2) is 5.06. The largest absolute Gasteiger partial charge is 0.371 e. The number of rotatable bonds is 2. The first-order valence-corrected chi connectivity index (χ1v) is 9.13. The Kier molecular flexibility index (Phi) is 3.49. The van der Waals surface area contributed by atoms with Gasteiger partial charge in [0.15, 0.2) is 0 Å². The van der Waals surface area contributed by atoms with E-state index in [2.05, 4.69) is 27.4 Å². The lowest BCUT2D eigenvalue weighted by atomic mass is 9.56. The maximum Gasteiger partial charge on any atom is 0.136 e. The predicted octanol–water partition coefficient (Wildman–Crippen LogP) is 4.27. The van der Waals surface area contributed by atoms with E-state index >= 15 is 0 Å². The van der Waals surface area contributed by atoms with Crippen LogP contribution < -0.4 is 0 Å². The van der Waals surface area contributed by atoms with Crippen molar-refractivity contribution in [3.63, 3.8) is 0 Å². The van der Waals surface area contributed by atoms with E-state index in [-0.39, 0.29) is 17.3 Å². The minimum absolute atomic E-state index is 0.170. The van der Waals surface area contributed by atoms with Crippen molar-refractivity contribution in [2.75, 3.05) is 0 Å². The summed E-state index contributed by atoms with van der Waals surface area (Å²) >= 11 is 0. The van der Waals surface area contributed by atoms with Gasteiger partial charge in [0.1, 0.15) is 11.2 Å². The highest BCUT2D eigenvalue weighted by Crippen LogP contribution is 2.61. The summed E-state index contributed by atoms with van der Waals surface area (Å²) in [5, 5.41) is 0. The van der Waals surface area contributed by atoms with E-state index in [4.69, 9.17) is 14.5 Å². The lowest BCUT2D eigenvalue weighted by Crippen LogP contribution is -2.69. The Morgan fingerprint density at radius 2 is 1.95 bits per heavy atom. The maximum atomic E-state index is 6.62. The van der Waals surface area contributed by atoms with Crippen molar-refractivity contribution in [3.05, 3.63) is 12.7 Å². The fourth-order valence-electron chi connectivity index (χ4n) is 5.97. The van der Waals surface area contributed by atoms with Gasteiger partial charge in [-0.3, -0.25) is 0 Å². The van der Waals surface area contributed by atoms with Crippen LogP contribution in [0.15, 0.2) is 12.7 Å². The van der Waals surface area contributed by atoms with Crippen molar-refractivity contribution < 1.29 is 14.5 Å². The van der Waals surface area contributed by atoms with Gasteiger partial charge in [0.2, 0.25) is 0 Å². The SMILES string of the molecule is C=CC[C@H]1O[C@H]2C[C@]3(C)CC[C@H]4[C@H](C)CC[C@@H]([C@H]1C)[C@@]24OO3. The molecule has 0 aromatic heterocycles. The molecule has 3 heteroatoms. The van der Waals surface area contributed by atoms with E-state index in [1.807, 2.05) is 6.08 Å². The molecule has 3 saturated heterocycles. The highest BCUT2D eigenvalue weighted by atomic mass is 17.2. The van der Waals surface area contributed by atoms with Crippen LogP contribution in [0.25, 0.3) is 0 Å². The summed E-state index contributed by atoms with van der Waals surface area (Å²) in [6.07, 6.45) is 9.28. The molecule has 0 aromatic carbocycles. The Labute approximate surface area is 134 Å². The molecule has 3 nitrogen and oxygen atoms in total. The van der Waals surface area contributed by atoms with E-state index in [1.54, 1.807) is 0 Å². The highest BCUT2D eigenvalue weighted by Gasteiger charge is 2.67. The summed E-state index contributed by atoms with van der Waals surface area (Å²) in [5.74, 6) is 2.35. The molecule has 1 spiro atoms. The second-order valence-electron chi connectivity index (χ2n) is 8.53. The van der Waals surface area contributed by atoms with Gasteiger partial charge in [-0.1, -0.05) is 19.9 Å². The van der Waals surface area contributed by atoms with Crippen molar-refractivity contribution in [1.29, 1.82) is 0 Å². The molecule has 0 aromatic rings. The summed E-state index contributed by atoms with van der Waals surface area (Å²) in [5.41, 5.74) is -0.373. The maximum absolute atomic E-state index is 6.62. The van der Waals surface area contributed by atoms with Gasteiger partial charge in [0.05, 0.1) is 12.2 Å². The lowest BCUT2D eigenvalue weighted by molar-refractivity contribution is -0.487. The Morgan fingerprint density at radius 1 is 1.14 bits per heavy atom. The van der Waals surface area contributed by atoms with Gasteiger partial charge in [-0.2, -0.15) is 0 Å². The minimum atomic E-state index is -0.204. The molecule has 0 radical (unpaired) electrons. The van der Waals surface area contributed by atoms with Gasteiger partial charge < -0.3 is 4.74 Å². The van der Waals surface area contributed by atoms with Crippen LogP contribution in [0.1, 0.15) is 59.3 Å². The standard InChI is InChI=1S/C19H30O3/c1-5-6-16-13(3)15-8-7-12(2)14-9-10-18(4)11-17(20-16)19(14,15)22-21-18/h5,12-17H,1,6-11H2,2-4H3/t12-,13-,14+,15+,16-,17+,18+,19-/m1/s1. The predicted molar refractivity (Wildman–Crippen MR) is 85.2 cm³/mol. The molecule has 8 atom stereocenters. The Bertz CT molecular complexity index is 464. The molecule has 5 aliphatic rings. The summed E-state index contributed by atoms with van der Waals surface area (Å²) in [4.78, 5) is 12.3. The van der Waals surface area contributed by atoms with Gasteiger partial charge in [-0.05, 0) is 62.7 Å². The van der Waals surface area contributed by atoms with Gasteiger partial charge in [-0.15, -0.1) is 6.58 Å². The average Bonchev–Trinajstić information content (AvgIpc) is 2.71. The molecule has 124 valence electrons. The van der Waals surface area contributed by atoms with Crippen molar-refractivity contribution in [3.8, 4) is 0 Å². The fourth-order valence-corrected chi connectivity index (χ4v) is 5.97. The molecule has 22 heavy (non-hydrogen) atoms. The van der Waals surface area contributed by atoms with Crippen molar-refractivity contribution >= 4 is 0 Å². The van der Waals surface area contributed by atoms with Crippen LogP contribution in [0.2, 0.25) is 0 Å². The van der Waals surface area contributed by atoms with Crippen molar-refractivity contribution in [1.82, 2.24) is 0 Å². The molecule has 5 fully saturated rings. The summed E-state index contributed by atoms with van der Waals surface area (Å²) in [7, 11) is 0. The third-order valence-corrected chi connectivity index (χ3v) is 7.23. The molecule has 3 aliphatic heterocycles. The first-order chi connectivity index (χ1) is 10.5. The molecule has 2 bridgehead atoms. The van der Waals surface area contributed by atoms with Crippen LogP contribution in [0.4, 0.5) is 0 Å². The summed E-state index contributed by atoms with van der Waals surface area (Å²) in [6, 6.07) is 0. The second-order valence-corrected chi connectivity index (χ2v) is 8.53. The van der Waals surface area contributed by atoms with E-state index in [0.717, 1.165) is 19.3 Å². The normalized spacial score (nSPS) is 57.0. The minimum Gasteiger partial charge on any atom is -0.371 e. The van der Waals surface area contributed by atoms with Gasteiger partial charge in [0.25, 0.3) is 0 Å². The van der Waals surface area contributed by atoms with Crippen LogP contribution >= 0.6 is 0 Å². The van der Waals surface area contributed by atoms with Gasteiger partial charge in [-0.25, -0.2) is 9.78 Å². The van der Waals surface area contributed by atoms with Crippen LogP contribution in [-0.4, -0.2) is 23.4 Å². The first-order valence-electron chi connectivity index (χ1n) is 9.13. The van der Waals surface area contributed by atoms with Crippen molar-refractivity contribution in [2.24, 2.45) is 23.7 Å². The van der Waals surface area contributed by atoms with Gasteiger partial charge >= 0.3 is 0 Å². The molecule has 5 rings (SSSR count). The molecule has 2 saturated carbocycles. The lowest BCUT2D eigenvalue weighted by Gasteiger charge is -2.61. The van der Waals surface area contributed by atoms with E-state index in [9.17, 15) is 0 Å². The molecule has 0 amide bonds. The highest BCUT2D eigenvalue weighted by molar-refractivity contribution is 5.14. The van der Waals surface area contributed by atoms with Crippen LogP contribution in [-0.2, 0) is 14.5 Å². The smallest absolute Gasteiger partial charge is 0.136 e. The number of hydrogen-bond acceptors (Lipinski definition) is 3. The molecule has 0 unspecified atom stereocenters. The number of ether oxygens (including phenoxy) is 1. The van der Waals surface area contributed by atoms with Crippen LogP contribution in [0, 0.1) is 23.7 Å². The molecular weight excluding hydrogens is 276 g/mol. The summed E-state index contributed by atoms with van der Waals surface area (Å²) < 4.78 is 6.62. The number of hydrogen-bond donors (Lipinski definition) is 0. The average molecular weight is 306 g/mol. The third-order valence-electron chi connectivity index (χ3n) is 7.23. The number of fused-ring (bicyclic) bond motifs is 2. The Morgan fingerprint density at radius 3 is 2.73 bits per heavy atom. The zero-order chi connectivity index (χ0) is 15.5. The van der Waals surface area contributed by atoms with E-state index in [1.165, 1.54) is 19.3 Å². The Balaban J connectivity index is 1.77. The fraction of sp³-hybridized carbons (Fsp3) is 0.895. The molecule has 3 heterocycles. The van der Waals surface area contributed by atoms with E-state index < -0.39 is 0 Å². The van der Waals surface area contributed by atoms with Gasteiger partial charge in [0, 0.05) is 6.42 Å². The monoisotopic (exact) mass is 306 g/mol. The Hall–Kier alpha value is -0.380. The summed E-state index contributed by atoms with van der Waals surface area (Å²) in [6.45, 7) is 10.9. The van der Waals surface area contributed by atoms with Crippen molar-refractivity contribution in [2.45, 2.75) is 82.7 Å². The topological polar surface area (TPSA) is 27.7 Å². The third kappa shape index (κ3) is 1.91. The quantitative estimate of drug-likeness (QED) is 0.563. The van der Waals surface area contributed by atoms with Crippen LogP contribution in [0.5, 0.6) is 0 Å². The first kappa shape index (κ1) is 15.2. The molecule has 2 aliphatic carbocycles.